The summed E-state index contributed by atoms with van der Waals surface area (Å²) < 4.78 is 13.8. The van der Waals surface area contributed by atoms with E-state index in [1.807, 2.05) is 0 Å². The van der Waals surface area contributed by atoms with Crippen LogP contribution >= 0.6 is 0 Å². The molecule has 20 heavy (non-hydrogen) atoms. The molecule has 0 unspecified atom stereocenters. The van der Waals surface area contributed by atoms with Gasteiger partial charge < -0.3 is 10.2 Å². The molecule has 0 aromatic heterocycles. The molecule has 0 fully saturated rings. The van der Waals surface area contributed by atoms with Crippen LogP contribution in [-0.4, -0.2) is 16.2 Å². The quantitative estimate of drug-likeness (QED) is 0.899. The van der Waals surface area contributed by atoms with Crippen LogP contribution in [0.3, 0.4) is 0 Å². The molecule has 0 saturated heterocycles. The van der Waals surface area contributed by atoms with Crippen molar-refractivity contribution < 1.29 is 19.4 Å². The Morgan fingerprint density at radius 1 is 1.15 bits per heavy atom. The lowest BCUT2D eigenvalue weighted by Crippen LogP contribution is -2.28. The van der Waals surface area contributed by atoms with E-state index in [4.69, 9.17) is 0 Å². The maximum Gasteiger partial charge on any atom is 0.313 e. The number of carboxylic acid groups (broad SMARTS) is 1. The Balaban J connectivity index is 2.52. The molecule has 0 aliphatic heterocycles. The van der Waals surface area contributed by atoms with Gasteiger partial charge in [0, 0.05) is 11.6 Å². The van der Waals surface area contributed by atoms with E-state index >= 15 is 0 Å². The smallest absolute Gasteiger partial charge is 0.313 e. The fraction of sp³-hybridized carbons (Fsp3) is 0.188. The van der Waals surface area contributed by atoms with Gasteiger partial charge in [0.1, 0.15) is 11.6 Å². The topological polar surface area (TPSA) is 57.5 Å². The third-order valence-electron chi connectivity index (χ3n) is 3.38. The van der Waals surface area contributed by atoms with Crippen LogP contribution in [0, 0.1) is 5.82 Å². The second-order valence-corrected chi connectivity index (χ2v) is 5.18. The highest BCUT2D eigenvalue weighted by Crippen LogP contribution is 2.30. The second-order valence-electron chi connectivity index (χ2n) is 5.18. The van der Waals surface area contributed by atoms with Gasteiger partial charge in [-0.1, -0.05) is 18.2 Å². The van der Waals surface area contributed by atoms with Crippen LogP contribution in [0.25, 0.3) is 11.1 Å². The van der Waals surface area contributed by atoms with Gasteiger partial charge in [0.05, 0.1) is 5.41 Å². The van der Waals surface area contributed by atoms with E-state index in [0.717, 1.165) is 6.07 Å². The zero-order valence-corrected chi connectivity index (χ0v) is 11.2. The number of rotatable bonds is 3. The summed E-state index contributed by atoms with van der Waals surface area (Å²) in [7, 11) is 0. The Bertz CT molecular complexity index is 663. The average molecular weight is 274 g/mol. The molecule has 0 saturated carbocycles. The van der Waals surface area contributed by atoms with Crippen molar-refractivity contribution in [1.29, 1.82) is 0 Å². The number of hydrogen-bond donors (Lipinski definition) is 2. The summed E-state index contributed by atoms with van der Waals surface area (Å²) in [6, 6.07) is 10.7. The van der Waals surface area contributed by atoms with Gasteiger partial charge in [0.25, 0.3) is 0 Å². The Kier molecular flexibility index (Phi) is 3.49. The molecule has 2 aromatic rings. The first kappa shape index (κ1) is 14.1. The Hall–Kier alpha value is -2.36. The first-order chi connectivity index (χ1) is 9.32. The second kappa shape index (κ2) is 4.96. The zero-order chi connectivity index (χ0) is 14.9. The number of halogens is 1. The first-order valence-corrected chi connectivity index (χ1v) is 6.15. The van der Waals surface area contributed by atoms with Crippen molar-refractivity contribution >= 4 is 5.97 Å². The molecule has 0 heterocycles. The maximum absolute atomic E-state index is 13.8. The van der Waals surface area contributed by atoms with E-state index in [-0.39, 0.29) is 5.75 Å². The molecular weight excluding hydrogens is 259 g/mol. The SMILES string of the molecule is CC(C)(C(=O)O)c1cccc(-c2ccc(O)cc2F)c1. The summed E-state index contributed by atoms with van der Waals surface area (Å²) in [4.78, 5) is 11.3. The van der Waals surface area contributed by atoms with E-state index in [2.05, 4.69) is 0 Å². The molecule has 2 rings (SSSR count). The molecule has 0 bridgehead atoms. The zero-order valence-electron chi connectivity index (χ0n) is 11.2. The molecular formula is C16H15FO3. The third kappa shape index (κ3) is 2.50. The highest BCUT2D eigenvalue weighted by atomic mass is 19.1. The minimum Gasteiger partial charge on any atom is -0.508 e. The molecule has 0 amide bonds. The van der Waals surface area contributed by atoms with Gasteiger partial charge in [-0.2, -0.15) is 0 Å². The van der Waals surface area contributed by atoms with Crippen molar-refractivity contribution in [3.05, 3.63) is 53.8 Å². The van der Waals surface area contributed by atoms with Crippen molar-refractivity contribution in [3.8, 4) is 16.9 Å². The van der Waals surface area contributed by atoms with Gasteiger partial charge in [-0.05, 0) is 43.2 Å². The van der Waals surface area contributed by atoms with E-state index in [1.165, 1.54) is 12.1 Å². The predicted molar refractivity (Wildman–Crippen MR) is 74.2 cm³/mol. The largest absolute Gasteiger partial charge is 0.508 e. The summed E-state index contributed by atoms with van der Waals surface area (Å²) >= 11 is 0. The molecule has 104 valence electrons. The highest BCUT2D eigenvalue weighted by molar-refractivity contribution is 5.81. The molecule has 4 heteroatoms. The van der Waals surface area contributed by atoms with E-state index < -0.39 is 17.2 Å². The summed E-state index contributed by atoms with van der Waals surface area (Å²) in [5, 5.41) is 18.5. The lowest BCUT2D eigenvalue weighted by Gasteiger charge is -2.20. The summed E-state index contributed by atoms with van der Waals surface area (Å²) in [5.41, 5.74) is 0.443. The van der Waals surface area contributed by atoms with Crippen molar-refractivity contribution in [2.24, 2.45) is 0 Å². The summed E-state index contributed by atoms with van der Waals surface area (Å²) in [5.74, 6) is -1.63. The van der Waals surface area contributed by atoms with Crippen LogP contribution in [0.2, 0.25) is 0 Å². The van der Waals surface area contributed by atoms with Crippen molar-refractivity contribution in [2.75, 3.05) is 0 Å². The van der Waals surface area contributed by atoms with Crippen molar-refractivity contribution in [1.82, 2.24) is 0 Å². The standard InChI is InChI=1S/C16H15FO3/c1-16(2,15(19)20)11-5-3-4-10(8-11)13-7-6-12(18)9-14(13)17/h3-9,18H,1-2H3,(H,19,20). The molecule has 2 aromatic carbocycles. The van der Waals surface area contributed by atoms with E-state index in [0.29, 0.717) is 16.7 Å². The van der Waals surface area contributed by atoms with Crippen LogP contribution in [0.5, 0.6) is 5.75 Å². The number of phenols is 1. The molecule has 0 atom stereocenters. The number of carboxylic acids is 1. The van der Waals surface area contributed by atoms with Crippen LogP contribution in [0.4, 0.5) is 4.39 Å². The Morgan fingerprint density at radius 2 is 1.85 bits per heavy atom. The fourth-order valence-electron chi connectivity index (χ4n) is 1.94. The van der Waals surface area contributed by atoms with Crippen molar-refractivity contribution in [2.45, 2.75) is 19.3 Å². The Labute approximate surface area is 116 Å². The van der Waals surface area contributed by atoms with Crippen LogP contribution in [-0.2, 0) is 10.2 Å². The van der Waals surface area contributed by atoms with Crippen molar-refractivity contribution in [3.63, 3.8) is 0 Å². The van der Waals surface area contributed by atoms with Gasteiger partial charge in [0.15, 0.2) is 0 Å². The van der Waals surface area contributed by atoms with E-state index in [9.17, 15) is 19.4 Å². The minimum atomic E-state index is -1.05. The third-order valence-corrected chi connectivity index (χ3v) is 3.38. The van der Waals surface area contributed by atoms with Crippen LogP contribution in [0.1, 0.15) is 19.4 Å². The fourth-order valence-corrected chi connectivity index (χ4v) is 1.94. The number of benzene rings is 2. The monoisotopic (exact) mass is 274 g/mol. The maximum atomic E-state index is 13.8. The first-order valence-electron chi connectivity index (χ1n) is 6.15. The van der Waals surface area contributed by atoms with E-state index in [1.54, 1.807) is 38.1 Å². The number of phenolic OH excluding ortho intramolecular Hbond substituents is 1. The number of aliphatic carboxylic acids is 1. The Morgan fingerprint density at radius 3 is 2.45 bits per heavy atom. The highest BCUT2D eigenvalue weighted by Gasteiger charge is 2.29. The predicted octanol–water partition coefficient (Wildman–Crippen LogP) is 3.56. The van der Waals surface area contributed by atoms with Gasteiger partial charge in [0.2, 0.25) is 0 Å². The number of hydrogen-bond acceptors (Lipinski definition) is 2. The molecule has 2 N–H and O–H groups in total. The molecule has 0 aliphatic carbocycles. The number of aromatic hydroxyl groups is 1. The van der Waals surface area contributed by atoms with Gasteiger partial charge in [-0.25, -0.2) is 4.39 Å². The van der Waals surface area contributed by atoms with Gasteiger partial charge >= 0.3 is 5.97 Å². The lowest BCUT2D eigenvalue weighted by molar-refractivity contribution is -0.142. The summed E-state index contributed by atoms with van der Waals surface area (Å²) in [6.45, 7) is 3.20. The molecule has 3 nitrogen and oxygen atoms in total. The lowest BCUT2D eigenvalue weighted by atomic mass is 9.83. The number of carbonyl (C=O) groups is 1. The van der Waals surface area contributed by atoms with Crippen LogP contribution in [0.15, 0.2) is 42.5 Å². The normalized spacial score (nSPS) is 11.3. The van der Waals surface area contributed by atoms with Crippen LogP contribution < -0.4 is 0 Å². The molecule has 0 aliphatic rings. The summed E-state index contributed by atoms with van der Waals surface area (Å²) in [6.07, 6.45) is 0. The van der Waals surface area contributed by atoms with Gasteiger partial charge in [-0.3, -0.25) is 4.79 Å². The minimum absolute atomic E-state index is 0.145. The molecule has 0 radical (unpaired) electrons. The van der Waals surface area contributed by atoms with Gasteiger partial charge in [-0.15, -0.1) is 0 Å². The average Bonchev–Trinajstić information content (AvgIpc) is 2.38. The molecule has 0 spiro atoms.